The normalized spacial score (nSPS) is 13.0. The van der Waals surface area contributed by atoms with Gasteiger partial charge in [-0.25, -0.2) is 4.98 Å². The number of fused-ring (bicyclic) bond motifs is 2. The van der Waals surface area contributed by atoms with Crippen molar-refractivity contribution in [1.29, 1.82) is 0 Å². The van der Waals surface area contributed by atoms with E-state index in [4.69, 9.17) is 10.1 Å². The van der Waals surface area contributed by atoms with E-state index < -0.39 is 0 Å². The lowest BCUT2D eigenvalue weighted by Gasteiger charge is -2.08. The molecule has 6 nitrogen and oxygen atoms in total. The predicted octanol–water partition coefficient (Wildman–Crippen LogP) is 3.42. The zero-order valence-corrected chi connectivity index (χ0v) is 18.3. The topological polar surface area (TPSA) is 71.8 Å². The predicted molar refractivity (Wildman–Crippen MR) is 121 cm³/mol. The number of aromatic nitrogens is 3. The number of hydrogen-bond acceptors (Lipinski definition) is 4. The lowest BCUT2D eigenvalue weighted by Crippen LogP contribution is -2.17. The number of pyridine rings is 1. The molecule has 0 bridgehead atoms. The van der Waals surface area contributed by atoms with Crippen LogP contribution in [0.15, 0.2) is 30.3 Å². The molecule has 8 heteroatoms. The molecular formula is C21H27Cl2N5O. The van der Waals surface area contributed by atoms with Gasteiger partial charge in [-0.05, 0) is 61.7 Å². The van der Waals surface area contributed by atoms with E-state index in [2.05, 4.69) is 46.5 Å². The second-order valence-electron chi connectivity index (χ2n) is 7.12. The monoisotopic (exact) mass is 435 g/mol. The average Bonchev–Trinajstić information content (AvgIpc) is 2.96. The van der Waals surface area contributed by atoms with Crippen LogP contribution in [0.2, 0.25) is 0 Å². The molecule has 3 aromatic rings. The Labute approximate surface area is 183 Å². The van der Waals surface area contributed by atoms with Crippen molar-refractivity contribution in [2.75, 3.05) is 13.6 Å². The molecule has 1 aliphatic heterocycles. The number of carbonyl (C=O) groups excluding carboxylic acids is 1. The van der Waals surface area contributed by atoms with Gasteiger partial charge in [0.05, 0.1) is 16.9 Å². The van der Waals surface area contributed by atoms with Gasteiger partial charge in [0.15, 0.2) is 0 Å². The van der Waals surface area contributed by atoms with E-state index in [1.165, 1.54) is 11.3 Å². The van der Waals surface area contributed by atoms with Crippen molar-refractivity contribution < 1.29 is 4.79 Å². The second kappa shape index (κ2) is 10.1. The van der Waals surface area contributed by atoms with Crippen LogP contribution >= 0.6 is 24.8 Å². The zero-order chi connectivity index (χ0) is 18.8. The third-order valence-corrected chi connectivity index (χ3v) is 5.15. The summed E-state index contributed by atoms with van der Waals surface area (Å²) in [5, 5.41) is 12.0. The van der Waals surface area contributed by atoms with E-state index in [0.717, 1.165) is 60.3 Å². The third kappa shape index (κ3) is 5.07. The molecule has 1 amide bonds. The molecule has 1 aliphatic rings. The number of aryl methyl sites for hydroxylation is 3. The number of carbonyl (C=O) groups is 1. The number of nitrogens with zero attached hydrogens (tertiary/aromatic N) is 3. The Balaban J connectivity index is 0.00000150. The third-order valence-electron chi connectivity index (χ3n) is 5.15. The summed E-state index contributed by atoms with van der Waals surface area (Å²) < 4.78 is 2.10. The fourth-order valence-corrected chi connectivity index (χ4v) is 3.60. The molecule has 0 atom stereocenters. The standard InChI is InChI=1S/C21H25N5O.2ClH/c1-14-10-19(20-12-16-13-23-8-3-9-26(16)25-20)24-18-6-4-15(11-17(14)18)5-7-21(27)22-2;;/h4,6,10-12,23H,3,5,7-9,13H2,1-2H3,(H,22,27);2*1H. The van der Waals surface area contributed by atoms with Gasteiger partial charge < -0.3 is 10.6 Å². The van der Waals surface area contributed by atoms with Crippen molar-refractivity contribution >= 4 is 41.6 Å². The molecular weight excluding hydrogens is 409 g/mol. The molecule has 2 aromatic heterocycles. The quantitative estimate of drug-likeness (QED) is 0.658. The Kier molecular flexibility index (Phi) is 8.02. The summed E-state index contributed by atoms with van der Waals surface area (Å²) in [6.07, 6.45) is 2.33. The summed E-state index contributed by atoms with van der Waals surface area (Å²) in [7, 11) is 1.67. The molecule has 156 valence electrons. The maximum absolute atomic E-state index is 11.5. The number of hydrogen-bond donors (Lipinski definition) is 2. The number of benzene rings is 1. The Bertz CT molecular complexity index is 979. The van der Waals surface area contributed by atoms with Crippen LogP contribution in [0.1, 0.15) is 29.7 Å². The molecule has 0 radical (unpaired) electrons. The molecule has 4 rings (SSSR count). The van der Waals surface area contributed by atoms with Crippen molar-refractivity contribution in [2.45, 2.75) is 39.3 Å². The van der Waals surface area contributed by atoms with Crippen molar-refractivity contribution in [3.63, 3.8) is 0 Å². The second-order valence-corrected chi connectivity index (χ2v) is 7.12. The number of halogens is 2. The fourth-order valence-electron chi connectivity index (χ4n) is 3.60. The minimum absolute atomic E-state index is 0. The smallest absolute Gasteiger partial charge is 0.220 e. The fraction of sp³-hybridized carbons (Fsp3) is 0.381. The van der Waals surface area contributed by atoms with Crippen molar-refractivity contribution in [2.24, 2.45) is 0 Å². The van der Waals surface area contributed by atoms with Gasteiger partial charge in [-0.3, -0.25) is 9.48 Å². The minimum atomic E-state index is 0. The van der Waals surface area contributed by atoms with E-state index in [1.807, 2.05) is 6.07 Å². The number of nitrogens with one attached hydrogen (secondary N) is 2. The Morgan fingerprint density at radius 2 is 2.03 bits per heavy atom. The largest absolute Gasteiger partial charge is 0.359 e. The zero-order valence-electron chi connectivity index (χ0n) is 16.7. The van der Waals surface area contributed by atoms with Gasteiger partial charge in [0.1, 0.15) is 5.69 Å². The van der Waals surface area contributed by atoms with Gasteiger partial charge in [-0.2, -0.15) is 5.10 Å². The lowest BCUT2D eigenvalue weighted by atomic mass is 10.0. The lowest BCUT2D eigenvalue weighted by molar-refractivity contribution is -0.120. The molecule has 0 aliphatic carbocycles. The van der Waals surface area contributed by atoms with Crippen molar-refractivity contribution in [3.8, 4) is 11.4 Å². The van der Waals surface area contributed by atoms with Gasteiger partial charge in [0.25, 0.3) is 0 Å². The first-order valence-corrected chi connectivity index (χ1v) is 9.53. The van der Waals surface area contributed by atoms with Crippen LogP contribution in [-0.2, 0) is 24.3 Å². The van der Waals surface area contributed by atoms with E-state index in [9.17, 15) is 4.79 Å². The highest BCUT2D eigenvalue weighted by Gasteiger charge is 2.14. The number of amides is 1. The maximum Gasteiger partial charge on any atom is 0.220 e. The number of rotatable bonds is 4. The highest BCUT2D eigenvalue weighted by atomic mass is 35.5. The molecule has 3 heterocycles. The van der Waals surface area contributed by atoms with E-state index >= 15 is 0 Å². The van der Waals surface area contributed by atoms with Crippen LogP contribution < -0.4 is 10.6 Å². The molecule has 0 saturated heterocycles. The molecule has 2 N–H and O–H groups in total. The van der Waals surface area contributed by atoms with Crippen molar-refractivity contribution in [3.05, 3.63) is 47.2 Å². The van der Waals surface area contributed by atoms with Crippen LogP contribution in [0, 0.1) is 6.92 Å². The summed E-state index contributed by atoms with van der Waals surface area (Å²) >= 11 is 0. The van der Waals surface area contributed by atoms with Gasteiger partial charge in [0, 0.05) is 31.9 Å². The minimum Gasteiger partial charge on any atom is -0.359 e. The van der Waals surface area contributed by atoms with Crippen LogP contribution in [0.4, 0.5) is 0 Å². The maximum atomic E-state index is 11.5. The van der Waals surface area contributed by atoms with E-state index in [0.29, 0.717) is 6.42 Å². The van der Waals surface area contributed by atoms with Crippen LogP contribution in [-0.4, -0.2) is 34.3 Å². The average molecular weight is 436 g/mol. The molecule has 0 saturated carbocycles. The molecule has 0 unspecified atom stereocenters. The first-order valence-electron chi connectivity index (χ1n) is 9.53. The van der Waals surface area contributed by atoms with Crippen LogP contribution in [0.3, 0.4) is 0 Å². The molecule has 0 spiro atoms. The van der Waals surface area contributed by atoms with Gasteiger partial charge in [0.2, 0.25) is 5.91 Å². The molecule has 0 fully saturated rings. The Hall–Kier alpha value is -2.15. The SMILES string of the molecule is CNC(=O)CCc1ccc2nc(-c3cc4n(n3)CCCNC4)cc(C)c2c1.Cl.Cl. The Morgan fingerprint density at radius 3 is 2.83 bits per heavy atom. The van der Waals surface area contributed by atoms with Crippen LogP contribution in [0.5, 0.6) is 0 Å². The highest BCUT2D eigenvalue weighted by molar-refractivity contribution is 5.86. The summed E-state index contributed by atoms with van der Waals surface area (Å²) in [5.41, 5.74) is 6.37. The molecule has 1 aromatic carbocycles. The van der Waals surface area contributed by atoms with Crippen LogP contribution in [0.25, 0.3) is 22.3 Å². The van der Waals surface area contributed by atoms with Crippen molar-refractivity contribution in [1.82, 2.24) is 25.4 Å². The summed E-state index contributed by atoms with van der Waals surface area (Å²) in [6.45, 7) is 4.95. The summed E-state index contributed by atoms with van der Waals surface area (Å²) in [5.74, 6) is 0.0642. The summed E-state index contributed by atoms with van der Waals surface area (Å²) in [6, 6.07) is 10.5. The summed E-state index contributed by atoms with van der Waals surface area (Å²) in [4.78, 5) is 16.3. The van der Waals surface area contributed by atoms with Gasteiger partial charge in [-0.1, -0.05) is 6.07 Å². The molecule has 29 heavy (non-hydrogen) atoms. The first kappa shape index (κ1) is 23.1. The van der Waals surface area contributed by atoms with E-state index in [1.54, 1.807) is 7.05 Å². The van der Waals surface area contributed by atoms with E-state index in [-0.39, 0.29) is 30.7 Å². The highest BCUT2D eigenvalue weighted by Crippen LogP contribution is 2.26. The van der Waals surface area contributed by atoms with Gasteiger partial charge >= 0.3 is 0 Å². The first-order chi connectivity index (χ1) is 13.1. The Morgan fingerprint density at radius 1 is 1.21 bits per heavy atom. The van der Waals surface area contributed by atoms with Gasteiger partial charge in [-0.15, -0.1) is 24.8 Å².